The summed E-state index contributed by atoms with van der Waals surface area (Å²) in [4.78, 5) is 42.6. The molecule has 1 aliphatic heterocycles. The highest BCUT2D eigenvalue weighted by molar-refractivity contribution is 6.22. The number of urea groups is 1. The Morgan fingerprint density at radius 1 is 0.868 bits per heavy atom. The third kappa shape index (κ3) is 5.72. The summed E-state index contributed by atoms with van der Waals surface area (Å²) in [6.07, 6.45) is 0.280. The highest BCUT2D eigenvalue weighted by Crippen LogP contribution is 2.30. The Morgan fingerprint density at radius 3 is 2.18 bits per heavy atom. The van der Waals surface area contributed by atoms with E-state index in [9.17, 15) is 14.4 Å². The summed E-state index contributed by atoms with van der Waals surface area (Å²) in [6.45, 7) is 2.17. The number of nitrogens with one attached hydrogen (secondary N) is 1. The van der Waals surface area contributed by atoms with Crippen LogP contribution in [-0.4, -0.2) is 56.7 Å². The summed E-state index contributed by atoms with van der Waals surface area (Å²) in [5, 5.41) is 2.81. The highest BCUT2D eigenvalue weighted by atomic mass is 16.5. The number of methoxy groups -OCH3 is 3. The van der Waals surface area contributed by atoms with Crippen molar-refractivity contribution in [3.8, 4) is 17.2 Å². The molecule has 0 saturated carbocycles. The van der Waals surface area contributed by atoms with Gasteiger partial charge in [-0.3, -0.25) is 9.59 Å². The fourth-order valence-electron chi connectivity index (χ4n) is 4.37. The number of carbonyl (C=O) groups excluding carboxylic acids is 3. The number of imide groups is 1. The zero-order valence-electron chi connectivity index (χ0n) is 21.9. The Hall–Kier alpha value is -4.53. The van der Waals surface area contributed by atoms with Gasteiger partial charge in [0.25, 0.3) is 5.91 Å². The third-order valence-electron chi connectivity index (χ3n) is 6.45. The number of carbonyl (C=O) groups is 3. The van der Waals surface area contributed by atoms with Crippen molar-refractivity contribution in [2.45, 2.75) is 25.8 Å². The first kappa shape index (κ1) is 26.5. The molecular weight excluding hydrogens is 486 g/mol. The quantitative estimate of drug-likeness (QED) is 0.400. The van der Waals surface area contributed by atoms with Crippen LogP contribution >= 0.6 is 0 Å². The predicted molar refractivity (Wildman–Crippen MR) is 144 cm³/mol. The lowest BCUT2D eigenvalue weighted by Gasteiger charge is -2.22. The SMILES string of the molecule is COc1ccc(NC(=O)C[C@@H]2C(=O)N(c3ccc(C)cc3)C(=O)N2CCc2ccc(OC)c(OC)c2)cc1. The van der Waals surface area contributed by atoms with Gasteiger partial charge in [0, 0.05) is 12.2 Å². The monoisotopic (exact) mass is 517 g/mol. The lowest BCUT2D eigenvalue weighted by Crippen LogP contribution is -2.39. The van der Waals surface area contributed by atoms with E-state index in [0.717, 1.165) is 16.0 Å². The largest absolute Gasteiger partial charge is 0.497 e. The van der Waals surface area contributed by atoms with Gasteiger partial charge in [-0.1, -0.05) is 23.8 Å². The second-order valence-electron chi connectivity index (χ2n) is 8.92. The lowest BCUT2D eigenvalue weighted by atomic mass is 10.1. The third-order valence-corrected chi connectivity index (χ3v) is 6.45. The van der Waals surface area contributed by atoms with Crippen LogP contribution in [0.3, 0.4) is 0 Å². The summed E-state index contributed by atoms with van der Waals surface area (Å²) < 4.78 is 15.8. The number of nitrogens with zero attached hydrogens (tertiary/aromatic N) is 2. The van der Waals surface area contributed by atoms with Gasteiger partial charge < -0.3 is 24.4 Å². The molecule has 3 aromatic carbocycles. The van der Waals surface area contributed by atoms with Gasteiger partial charge in [0.1, 0.15) is 11.8 Å². The van der Waals surface area contributed by atoms with Gasteiger partial charge in [-0.05, 0) is 67.4 Å². The van der Waals surface area contributed by atoms with E-state index in [4.69, 9.17) is 14.2 Å². The van der Waals surface area contributed by atoms with E-state index in [1.54, 1.807) is 63.8 Å². The minimum Gasteiger partial charge on any atom is -0.497 e. The molecule has 1 aliphatic rings. The predicted octanol–water partition coefficient (Wildman–Crippen LogP) is 4.43. The smallest absolute Gasteiger partial charge is 0.332 e. The summed E-state index contributed by atoms with van der Waals surface area (Å²) >= 11 is 0. The van der Waals surface area contributed by atoms with Gasteiger partial charge in [0.05, 0.1) is 33.4 Å². The molecule has 1 fully saturated rings. The van der Waals surface area contributed by atoms with E-state index in [1.807, 2.05) is 31.2 Å². The topological polar surface area (TPSA) is 97.4 Å². The average molecular weight is 518 g/mol. The van der Waals surface area contributed by atoms with Crippen molar-refractivity contribution >= 4 is 29.2 Å². The van der Waals surface area contributed by atoms with E-state index in [1.165, 1.54) is 4.90 Å². The summed E-state index contributed by atoms with van der Waals surface area (Å²) in [6, 6.07) is 18.2. The van der Waals surface area contributed by atoms with Crippen LogP contribution < -0.4 is 24.4 Å². The molecule has 4 amide bonds. The molecule has 0 aromatic heterocycles. The lowest BCUT2D eigenvalue weighted by molar-refractivity contribution is -0.124. The zero-order valence-corrected chi connectivity index (χ0v) is 21.9. The number of benzene rings is 3. The molecule has 1 N–H and O–H groups in total. The Bertz CT molecular complexity index is 1310. The van der Waals surface area contributed by atoms with Crippen molar-refractivity contribution in [1.29, 1.82) is 0 Å². The molecule has 1 atom stereocenters. The van der Waals surface area contributed by atoms with Gasteiger partial charge in [0.2, 0.25) is 5.91 Å². The van der Waals surface area contributed by atoms with Gasteiger partial charge in [-0.15, -0.1) is 0 Å². The van der Waals surface area contributed by atoms with E-state index in [2.05, 4.69) is 5.32 Å². The number of amides is 4. The van der Waals surface area contributed by atoms with Crippen LogP contribution in [0.1, 0.15) is 17.5 Å². The number of anilines is 2. The number of hydrogen-bond acceptors (Lipinski definition) is 6. The van der Waals surface area contributed by atoms with E-state index < -0.39 is 18.0 Å². The van der Waals surface area contributed by atoms with Crippen molar-refractivity contribution in [2.75, 3.05) is 38.1 Å². The van der Waals surface area contributed by atoms with Crippen LogP contribution in [0, 0.1) is 6.92 Å². The maximum absolute atomic E-state index is 13.5. The number of aryl methyl sites for hydroxylation is 1. The molecule has 38 heavy (non-hydrogen) atoms. The summed E-state index contributed by atoms with van der Waals surface area (Å²) in [5.41, 5.74) is 2.95. The van der Waals surface area contributed by atoms with Gasteiger partial charge in [-0.25, -0.2) is 9.69 Å². The minimum atomic E-state index is -0.942. The Labute approximate surface area is 221 Å². The first-order valence-electron chi connectivity index (χ1n) is 12.2. The maximum atomic E-state index is 13.5. The first-order valence-corrected chi connectivity index (χ1v) is 12.2. The molecule has 9 heteroatoms. The Morgan fingerprint density at radius 2 is 1.55 bits per heavy atom. The Balaban J connectivity index is 1.55. The van der Waals surface area contributed by atoms with E-state index in [-0.39, 0.29) is 18.9 Å². The maximum Gasteiger partial charge on any atom is 0.332 e. The molecule has 1 saturated heterocycles. The molecule has 0 spiro atoms. The van der Waals surface area contributed by atoms with Crippen molar-refractivity contribution < 1.29 is 28.6 Å². The summed E-state index contributed by atoms with van der Waals surface area (Å²) in [5.74, 6) is 1.03. The van der Waals surface area contributed by atoms with E-state index in [0.29, 0.717) is 35.0 Å². The van der Waals surface area contributed by atoms with Crippen LogP contribution in [0.25, 0.3) is 0 Å². The fraction of sp³-hybridized carbons (Fsp3) is 0.276. The van der Waals surface area contributed by atoms with Crippen LogP contribution in [0.15, 0.2) is 66.7 Å². The molecule has 4 rings (SSSR count). The number of rotatable bonds is 10. The molecule has 198 valence electrons. The molecule has 0 aliphatic carbocycles. The molecule has 0 unspecified atom stereocenters. The summed E-state index contributed by atoms with van der Waals surface area (Å²) in [7, 11) is 4.68. The van der Waals surface area contributed by atoms with Crippen LogP contribution in [0.2, 0.25) is 0 Å². The zero-order chi connectivity index (χ0) is 27.2. The molecular formula is C29H31N3O6. The molecule has 0 radical (unpaired) electrons. The highest BCUT2D eigenvalue weighted by Gasteiger charge is 2.46. The molecule has 0 bridgehead atoms. The normalized spacial score (nSPS) is 15.0. The number of hydrogen-bond donors (Lipinski definition) is 1. The second kappa shape index (κ2) is 11.7. The second-order valence-corrected chi connectivity index (χ2v) is 8.92. The van der Waals surface area contributed by atoms with Crippen LogP contribution in [0.4, 0.5) is 16.2 Å². The fourth-order valence-corrected chi connectivity index (χ4v) is 4.37. The van der Waals surface area contributed by atoms with E-state index >= 15 is 0 Å². The van der Waals surface area contributed by atoms with Crippen LogP contribution in [-0.2, 0) is 16.0 Å². The standard InChI is InChI=1S/C29H31N3O6/c1-19-5-10-22(11-6-19)32-28(34)24(18-27(33)30-21-8-12-23(36-2)13-9-21)31(29(32)35)16-15-20-7-14-25(37-3)26(17-20)38-4/h5-14,17,24H,15-16,18H2,1-4H3,(H,30,33)/t24-/m1/s1. The van der Waals surface area contributed by atoms with Gasteiger partial charge in [-0.2, -0.15) is 0 Å². The number of ether oxygens (including phenoxy) is 3. The van der Waals surface area contributed by atoms with Crippen molar-refractivity contribution in [1.82, 2.24) is 4.90 Å². The first-order chi connectivity index (χ1) is 18.3. The van der Waals surface area contributed by atoms with Crippen molar-refractivity contribution in [3.63, 3.8) is 0 Å². The van der Waals surface area contributed by atoms with Crippen molar-refractivity contribution in [2.24, 2.45) is 0 Å². The van der Waals surface area contributed by atoms with Gasteiger partial charge in [0.15, 0.2) is 11.5 Å². The van der Waals surface area contributed by atoms with Crippen molar-refractivity contribution in [3.05, 3.63) is 77.9 Å². The average Bonchev–Trinajstić information content (AvgIpc) is 3.16. The molecule has 1 heterocycles. The molecule has 9 nitrogen and oxygen atoms in total. The Kier molecular flexibility index (Phi) is 8.15. The van der Waals surface area contributed by atoms with Gasteiger partial charge >= 0.3 is 6.03 Å². The molecule has 3 aromatic rings. The van der Waals surface area contributed by atoms with Crippen LogP contribution in [0.5, 0.6) is 17.2 Å². The minimum absolute atomic E-state index is 0.176.